The number of benzene rings is 1. The van der Waals surface area contributed by atoms with Crippen LogP contribution in [0.5, 0.6) is 0 Å². The smallest absolute Gasteiger partial charge is 0.326 e. The van der Waals surface area contributed by atoms with Gasteiger partial charge in [-0.25, -0.2) is 0 Å². The maximum absolute atomic E-state index is 11.9. The van der Waals surface area contributed by atoms with E-state index in [0.29, 0.717) is 17.8 Å². The van der Waals surface area contributed by atoms with E-state index in [4.69, 9.17) is 4.74 Å². The monoisotopic (exact) mass is 334 g/mol. The largest absolute Gasteiger partial charge is 0.465 e. The number of aryl methyl sites for hydroxylation is 2. The van der Waals surface area contributed by atoms with Crippen LogP contribution in [-0.4, -0.2) is 23.1 Å². The number of nitrogens with zero attached hydrogens (tertiary/aromatic N) is 2. The fourth-order valence-corrected chi connectivity index (χ4v) is 3.56. The molecule has 2 rings (SSSR count). The number of aromatic nitrogens is 1. The summed E-state index contributed by atoms with van der Waals surface area (Å²) in [5, 5.41) is 0. The van der Waals surface area contributed by atoms with E-state index in [-0.39, 0.29) is 18.4 Å². The number of amides is 1. The van der Waals surface area contributed by atoms with Crippen molar-refractivity contribution in [3.05, 3.63) is 28.1 Å². The molecule has 0 N–H and O–H groups in total. The molecule has 5 nitrogen and oxygen atoms in total. The Labute approximate surface area is 139 Å². The van der Waals surface area contributed by atoms with Gasteiger partial charge in [-0.15, -0.1) is 0 Å². The number of hydrogen-bond donors (Lipinski definition) is 0. The van der Waals surface area contributed by atoms with Crippen LogP contribution in [0, 0.1) is 13.8 Å². The van der Waals surface area contributed by atoms with Crippen LogP contribution in [0.2, 0.25) is 0 Å². The molecule has 1 amide bonds. The summed E-state index contributed by atoms with van der Waals surface area (Å²) in [6.45, 7) is 8.16. The van der Waals surface area contributed by atoms with E-state index in [1.165, 1.54) is 11.3 Å². The van der Waals surface area contributed by atoms with Gasteiger partial charge < -0.3 is 9.30 Å². The SMILES string of the molecule is CCCC(=O)N=c1sc2c(C)cc(C)cc2n1CC(=O)OCC. The van der Waals surface area contributed by atoms with Crippen LogP contribution in [0.3, 0.4) is 0 Å². The second-order valence-corrected chi connectivity index (χ2v) is 6.44. The molecule has 0 bridgehead atoms. The number of thiazole rings is 1. The van der Waals surface area contributed by atoms with Gasteiger partial charge in [0, 0.05) is 6.42 Å². The lowest BCUT2D eigenvalue weighted by Gasteiger charge is -2.06. The zero-order valence-corrected chi connectivity index (χ0v) is 14.8. The van der Waals surface area contributed by atoms with Crippen molar-refractivity contribution in [3.8, 4) is 0 Å². The van der Waals surface area contributed by atoms with Crippen molar-refractivity contribution in [1.82, 2.24) is 4.57 Å². The summed E-state index contributed by atoms with van der Waals surface area (Å²) in [7, 11) is 0. The van der Waals surface area contributed by atoms with Crippen molar-refractivity contribution in [1.29, 1.82) is 0 Å². The molecule has 0 atom stereocenters. The quantitative estimate of drug-likeness (QED) is 0.789. The molecule has 1 aromatic carbocycles. The Morgan fingerprint density at radius 3 is 2.65 bits per heavy atom. The summed E-state index contributed by atoms with van der Waals surface area (Å²) in [5.41, 5.74) is 3.15. The molecule has 124 valence electrons. The molecule has 0 radical (unpaired) electrons. The Balaban J connectivity index is 2.62. The molecule has 0 saturated heterocycles. The Hall–Kier alpha value is -1.95. The predicted octanol–water partition coefficient (Wildman–Crippen LogP) is 3.11. The third-order valence-corrected chi connectivity index (χ3v) is 4.62. The molecule has 0 aliphatic carbocycles. The van der Waals surface area contributed by atoms with Crippen molar-refractivity contribution in [3.63, 3.8) is 0 Å². The summed E-state index contributed by atoms with van der Waals surface area (Å²) in [6.07, 6.45) is 1.16. The number of rotatable bonds is 5. The minimum absolute atomic E-state index is 0.0645. The van der Waals surface area contributed by atoms with Crippen molar-refractivity contribution in [2.45, 2.75) is 47.1 Å². The molecular weight excluding hydrogens is 312 g/mol. The van der Waals surface area contributed by atoms with E-state index >= 15 is 0 Å². The fourth-order valence-electron chi connectivity index (χ4n) is 2.46. The topological polar surface area (TPSA) is 60.7 Å². The van der Waals surface area contributed by atoms with Gasteiger partial charge >= 0.3 is 5.97 Å². The van der Waals surface area contributed by atoms with Crippen molar-refractivity contribution in [2.75, 3.05) is 6.61 Å². The first kappa shape index (κ1) is 17.4. The van der Waals surface area contributed by atoms with Gasteiger partial charge in [0.05, 0.1) is 16.8 Å². The van der Waals surface area contributed by atoms with Crippen LogP contribution in [0.25, 0.3) is 10.2 Å². The standard InChI is InChI=1S/C17H22N2O3S/c1-5-7-14(20)18-17-19(10-15(21)22-6-2)13-9-11(3)8-12(4)16(13)23-17/h8-9H,5-7,10H2,1-4H3. The summed E-state index contributed by atoms with van der Waals surface area (Å²) < 4.78 is 7.88. The molecular formula is C17H22N2O3S. The third-order valence-electron chi connectivity index (χ3n) is 3.39. The zero-order chi connectivity index (χ0) is 17.0. The van der Waals surface area contributed by atoms with Gasteiger partial charge in [-0.1, -0.05) is 24.3 Å². The van der Waals surface area contributed by atoms with Crippen molar-refractivity contribution in [2.24, 2.45) is 4.99 Å². The Morgan fingerprint density at radius 2 is 2.00 bits per heavy atom. The molecule has 2 aromatic rings. The van der Waals surface area contributed by atoms with Crippen LogP contribution >= 0.6 is 11.3 Å². The highest BCUT2D eigenvalue weighted by Crippen LogP contribution is 2.23. The first-order chi connectivity index (χ1) is 11.0. The molecule has 0 fully saturated rings. The van der Waals surface area contributed by atoms with Crippen LogP contribution in [0.4, 0.5) is 0 Å². The minimum atomic E-state index is -0.323. The van der Waals surface area contributed by atoms with Gasteiger partial charge in [-0.05, 0) is 44.4 Å². The molecule has 0 unspecified atom stereocenters. The van der Waals surface area contributed by atoms with Gasteiger partial charge in [-0.3, -0.25) is 9.59 Å². The van der Waals surface area contributed by atoms with Crippen molar-refractivity contribution >= 4 is 33.4 Å². The molecule has 0 aliphatic rings. The minimum Gasteiger partial charge on any atom is -0.465 e. The number of ether oxygens (including phenoxy) is 1. The zero-order valence-electron chi connectivity index (χ0n) is 14.0. The van der Waals surface area contributed by atoms with Gasteiger partial charge in [0.15, 0.2) is 4.80 Å². The van der Waals surface area contributed by atoms with Crippen LogP contribution < -0.4 is 4.80 Å². The second kappa shape index (κ2) is 7.55. The van der Waals surface area contributed by atoms with Crippen molar-refractivity contribution < 1.29 is 14.3 Å². The number of fused-ring (bicyclic) bond motifs is 1. The molecule has 1 heterocycles. The van der Waals surface area contributed by atoms with Gasteiger partial charge in [0.2, 0.25) is 5.91 Å². The second-order valence-electron chi connectivity index (χ2n) is 5.46. The lowest BCUT2D eigenvalue weighted by atomic mass is 10.1. The van der Waals surface area contributed by atoms with E-state index in [1.54, 1.807) is 11.5 Å². The third kappa shape index (κ3) is 4.07. The number of hydrogen-bond acceptors (Lipinski definition) is 4. The molecule has 6 heteroatoms. The first-order valence-corrected chi connectivity index (χ1v) is 8.61. The van der Waals surface area contributed by atoms with Gasteiger partial charge in [-0.2, -0.15) is 4.99 Å². The molecule has 1 aromatic heterocycles. The molecule has 0 spiro atoms. The maximum Gasteiger partial charge on any atom is 0.326 e. The molecule has 23 heavy (non-hydrogen) atoms. The first-order valence-electron chi connectivity index (χ1n) is 7.80. The van der Waals surface area contributed by atoms with E-state index < -0.39 is 0 Å². The number of carbonyl (C=O) groups excluding carboxylic acids is 2. The number of esters is 1. The van der Waals surface area contributed by atoms with Crippen LogP contribution in [-0.2, 0) is 20.9 Å². The summed E-state index contributed by atoms with van der Waals surface area (Å²) >= 11 is 1.44. The number of carbonyl (C=O) groups is 2. The highest BCUT2D eigenvalue weighted by molar-refractivity contribution is 7.16. The van der Waals surface area contributed by atoms with Crippen LogP contribution in [0.1, 0.15) is 37.8 Å². The Kier molecular flexibility index (Phi) is 5.71. The summed E-state index contributed by atoms with van der Waals surface area (Å²) in [4.78, 5) is 28.6. The van der Waals surface area contributed by atoms with Gasteiger partial charge in [0.25, 0.3) is 0 Å². The van der Waals surface area contributed by atoms with E-state index in [9.17, 15) is 9.59 Å². The average molecular weight is 334 g/mol. The summed E-state index contributed by atoms with van der Waals surface area (Å²) in [5.74, 6) is -0.484. The van der Waals surface area contributed by atoms with E-state index in [1.807, 2.05) is 26.8 Å². The lowest BCUT2D eigenvalue weighted by molar-refractivity contribution is -0.143. The lowest BCUT2D eigenvalue weighted by Crippen LogP contribution is -2.23. The average Bonchev–Trinajstić information content (AvgIpc) is 2.78. The molecule has 0 saturated carbocycles. The highest BCUT2D eigenvalue weighted by Gasteiger charge is 2.13. The normalized spacial score (nSPS) is 11.9. The fraction of sp³-hybridized carbons (Fsp3) is 0.471. The predicted molar refractivity (Wildman–Crippen MR) is 91.4 cm³/mol. The Bertz CT molecular complexity index is 802. The van der Waals surface area contributed by atoms with Gasteiger partial charge in [0.1, 0.15) is 6.54 Å². The maximum atomic E-state index is 11.9. The highest BCUT2D eigenvalue weighted by atomic mass is 32.1. The molecule has 0 aliphatic heterocycles. The van der Waals surface area contributed by atoms with E-state index in [0.717, 1.165) is 27.8 Å². The van der Waals surface area contributed by atoms with Crippen LogP contribution in [0.15, 0.2) is 17.1 Å². The summed E-state index contributed by atoms with van der Waals surface area (Å²) in [6, 6.07) is 4.10. The van der Waals surface area contributed by atoms with E-state index in [2.05, 4.69) is 11.1 Å². The Morgan fingerprint density at radius 1 is 1.26 bits per heavy atom.